The van der Waals surface area contributed by atoms with Gasteiger partial charge in [-0.3, -0.25) is 0 Å². The summed E-state index contributed by atoms with van der Waals surface area (Å²) in [7, 11) is 0. The van der Waals surface area contributed by atoms with Crippen molar-refractivity contribution >= 4 is 11.9 Å². The number of carbonyl (C=O) groups is 2. The Kier molecular flexibility index (Phi) is 3.44. The Morgan fingerprint density at radius 3 is 2.60 bits per heavy atom. The third-order valence-electron chi connectivity index (χ3n) is 1.98. The predicted molar refractivity (Wildman–Crippen MR) is 54.1 cm³/mol. The SMILES string of the molecule is CCOC(=O)c1c(C)cccc1C(=O)O. The first-order chi connectivity index (χ1) is 7.07. The minimum Gasteiger partial charge on any atom is -0.478 e. The van der Waals surface area contributed by atoms with Crippen LogP contribution in [0, 0.1) is 6.92 Å². The summed E-state index contributed by atoms with van der Waals surface area (Å²) in [5.41, 5.74) is 0.716. The molecule has 4 nitrogen and oxygen atoms in total. The standard InChI is InChI=1S/C11H12O4/c1-3-15-11(14)9-7(2)5-4-6-8(9)10(12)13/h4-6H,3H2,1-2H3,(H,12,13). The number of esters is 1. The van der Waals surface area contributed by atoms with Crippen LogP contribution in [0.3, 0.4) is 0 Å². The average molecular weight is 208 g/mol. The van der Waals surface area contributed by atoms with E-state index in [1.54, 1.807) is 26.0 Å². The number of carbonyl (C=O) groups excluding carboxylic acids is 1. The third kappa shape index (κ3) is 2.34. The Bertz CT molecular complexity index is 396. The van der Waals surface area contributed by atoms with Gasteiger partial charge in [0.2, 0.25) is 0 Å². The van der Waals surface area contributed by atoms with Crippen LogP contribution in [0.4, 0.5) is 0 Å². The van der Waals surface area contributed by atoms with E-state index in [0.29, 0.717) is 5.56 Å². The molecule has 80 valence electrons. The van der Waals surface area contributed by atoms with Crippen LogP contribution in [0.25, 0.3) is 0 Å². The fraction of sp³-hybridized carbons (Fsp3) is 0.273. The second-order valence-corrected chi connectivity index (χ2v) is 3.02. The molecule has 0 atom stereocenters. The summed E-state index contributed by atoms with van der Waals surface area (Å²) in [6, 6.07) is 4.67. The molecule has 15 heavy (non-hydrogen) atoms. The average Bonchev–Trinajstić information content (AvgIpc) is 2.17. The maximum atomic E-state index is 11.5. The number of carboxylic acid groups (broad SMARTS) is 1. The molecule has 4 heteroatoms. The van der Waals surface area contributed by atoms with Gasteiger partial charge in [0.15, 0.2) is 0 Å². The zero-order chi connectivity index (χ0) is 11.4. The minimum atomic E-state index is -1.12. The van der Waals surface area contributed by atoms with Crippen molar-refractivity contribution in [2.75, 3.05) is 6.61 Å². The molecule has 0 aliphatic heterocycles. The molecule has 0 saturated heterocycles. The number of benzene rings is 1. The summed E-state index contributed by atoms with van der Waals surface area (Å²) < 4.78 is 4.80. The molecule has 0 aliphatic rings. The fourth-order valence-corrected chi connectivity index (χ4v) is 1.32. The van der Waals surface area contributed by atoms with Gasteiger partial charge in [-0.2, -0.15) is 0 Å². The van der Waals surface area contributed by atoms with Gasteiger partial charge >= 0.3 is 11.9 Å². The molecule has 0 unspecified atom stereocenters. The van der Waals surface area contributed by atoms with Gasteiger partial charge in [-0.25, -0.2) is 9.59 Å². The first-order valence-electron chi connectivity index (χ1n) is 4.58. The van der Waals surface area contributed by atoms with Crippen LogP contribution in [0.2, 0.25) is 0 Å². The van der Waals surface area contributed by atoms with Crippen LogP contribution < -0.4 is 0 Å². The highest BCUT2D eigenvalue weighted by Gasteiger charge is 2.19. The van der Waals surface area contributed by atoms with Crippen LogP contribution in [-0.4, -0.2) is 23.7 Å². The molecule has 0 fully saturated rings. The number of hydrogen-bond acceptors (Lipinski definition) is 3. The van der Waals surface area contributed by atoms with Crippen molar-refractivity contribution in [3.05, 3.63) is 34.9 Å². The largest absolute Gasteiger partial charge is 0.478 e. The molecule has 0 radical (unpaired) electrons. The lowest BCUT2D eigenvalue weighted by Crippen LogP contribution is -2.13. The van der Waals surface area contributed by atoms with Gasteiger partial charge in [-0.1, -0.05) is 12.1 Å². The lowest BCUT2D eigenvalue weighted by molar-refractivity contribution is 0.0513. The maximum Gasteiger partial charge on any atom is 0.339 e. The van der Waals surface area contributed by atoms with Crippen molar-refractivity contribution in [2.45, 2.75) is 13.8 Å². The van der Waals surface area contributed by atoms with Crippen LogP contribution in [0.5, 0.6) is 0 Å². The lowest BCUT2D eigenvalue weighted by atomic mass is 10.0. The molecular formula is C11H12O4. The predicted octanol–water partition coefficient (Wildman–Crippen LogP) is 1.87. The third-order valence-corrected chi connectivity index (χ3v) is 1.98. The molecule has 0 bridgehead atoms. The van der Waals surface area contributed by atoms with Gasteiger partial charge in [-0.05, 0) is 25.5 Å². The Morgan fingerprint density at radius 2 is 2.07 bits per heavy atom. The van der Waals surface area contributed by atoms with E-state index in [1.165, 1.54) is 6.07 Å². The zero-order valence-corrected chi connectivity index (χ0v) is 8.61. The summed E-state index contributed by atoms with van der Waals surface area (Å²) in [5.74, 6) is -1.71. The van der Waals surface area contributed by atoms with Gasteiger partial charge < -0.3 is 9.84 Å². The molecule has 0 spiro atoms. The number of rotatable bonds is 3. The molecule has 0 heterocycles. The lowest BCUT2D eigenvalue weighted by Gasteiger charge is -2.08. The molecule has 1 rings (SSSR count). The number of carboxylic acids is 1. The summed E-state index contributed by atoms with van der Waals surface area (Å²) in [6.45, 7) is 3.58. The summed E-state index contributed by atoms with van der Waals surface area (Å²) in [5, 5.41) is 8.90. The van der Waals surface area contributed by atoms with Crippen molar-refractivity contribution in [1.82, 2.24) is 0 Å². The number of aryl methyl sites for hydroxylation is 1. The Hall–Kier alpha value is -1.84. The smallest absolute Gasteiger partial charge is 0.339 e. The van der Waals surface area contributed by atoms with Gasteiger partial charge in [0, 0.05) is 0 Å². The minimum absolute atomic E-state index is 0.0200. The highest BCUT2D eigenvalue weighted by atomic mass is 16.5. The number of aromatic carboxylic acids is 1. The fourth-order valence-electron chi connectivity index (χ4n) is 1.32. The van der Waals surface area contributed by atoms with Crippen LogP contribution in [0.1, 0.15) is 33.2 Å². The van der Waals surface area contributed by atoms with Crippen molar-refractivity contribution in [1.29, 1.82) is 0 Å². The highest BCUT2D eigenvalue weighted by molar-refractivity contribution is 6.03. The normalized spacial score (nSPS) is 9.73. The topological polar surface area (TPSA) is 63.6 Å². The number of hydrogen-bond donors (Lipinski definition) is 1. The van der Waals surface area contributed by atoms with Crippen LogP contribution in [-0.2, 0) is 4.74 Å². The molecule has 0 aromatic heterocycles. The van der Waals surface area contributed by atoms with Gasteiger partial charge in [-0.15, -0.1) is 0 Å². The molecule has 0 saturated carbocycles. The monoisotopic (exact) mass is 208 g/mol. The maximum absolute atomic E-state index is 11.5. The Morgan fingerprint density at radius 1 is 1.40 bits per heavy atom. The molecule has 0 amide bonds. The van der Waals surface area contributed by atoms with Crippen molar-refractivity contribution in [2.24, 2.45) is 0 Å². The van der Waals surface area contributed by atoms with E-state index in [0.717, 1.165) is 0 Å². The van der Waals surface area contributed by atoms with Crippen molar-refractivity contribution in [3.8, 4) is 0 Å². The summed E-state index contributed by atoms with van der Waals surface area (Å²) in [4.78, 5) is 22.4. The van der Waals surface area contributed by atoms with E-state index in [2.05, 4.69) is 0 Å². The van der Waals surface area contributed by atoms with Crippen molar-refractivity contribution < 1.29 is 19.4 Å². The zero-order valence-electron chi connectivity index (χ0n) is 8.61. The van der Waals surface area contributed by atoms with E-state index in [9.17, 15) is 9.59 Å². The van der Waals surface area contributed by atoms with Crippen LogP contribution in [0.15, 0.2) is 18.2 Å². The molecule has 1 aromatic carbocycles. The number of ether oxygens (including phenoxy) is 1. The van der Waals surface area contributed by atoms with Crippen LogP contribution >= 0.6 is 0 Å². The van der Waals surface area contributed by atoms with Gasteiger partial charge in [0.1, 0.15) is 0 Å². The first-order valence-corrected chi connectivity index (χ1v) is 4.58. The highest BCUT2D eigenvalue weighted by Crippen LogP contribution is 2.15. The summed E-state index contributed by atoms with van der Waals surface area (Å²) in [6.07, 6.45) is 0. The summed E-state index contributed by atoms with van der Waals surface area (Å²) >= 11 is 0. The molecule has 1 aromatic rings. The Labute approximate surface area is 87.5 Å². The van der Waals surface area contributed by atoms with Crippen molar-refractivity contribution in [3.63, 3.8) is 0 Å². The second kappa shape index (κ2) is 4.59. The van der Waals surface area contributed by atoms with E-state index in [1.807, 2.05) is 0 Å². The van der Waals surface area contributed by atoms with E-state index >= 15 is 0 Å². The molecular weight excluding hydrogens is 196 g/mol. The van der Waals surface area contributed by atoms with Gasteiger partial charge in [0.05, 0.1) is 17.7 Å². The van der Waals surface area contributed by atoms with E-state index in [-0.39, 0.29) is 17.7 Å². The van der Waals surface area contributed by atoms with E-state index in [4.69, 9.17) is 9.84 Å². The second-order valence-electron chi connectivity index (χ2n) is 3.02. The Balaban J connectivity index is 3.24. The first kappa shape index (κ1) is 11.2. The van der Waals surface area contributed by atoms with Gasteiger partial charge in [0.25, 0.3) is 0 Å². The molecule has 0 aliphatic carbocycles. The quantitative estimate of drug-likeness (QED) is 0.770. The van der Waals surface area contributed by atoms with E-state index < -0.39 is 11.9 Å². The molecule has 1 N–H and O–H groups in total.